The Morgan fingerprint density at radius 2 is 2.33 bits per heavy atom. The maximum atomic E-state index is 3.51. The van der Waals surface area contributed by atoms with Gasteiger partial charge in [-0.2, -0.15) is 0 Å². The van der Waals surface area contributed by atoms with E-state index in [1.165, 1.54) is 32.2 Å². The average molecular weight is 163 g/mol. The Bertz CT molecular complexity index is 199. The molecular weight excluding hydrogens is 146 g/mol. The van der Waals surface area contributed by atoms with Crippen molar-refractivity contribution < 1.29 is 0 Å². The molecule has 0 amide bonds. The van der Waals surface area contributed by atoms with Gasteiger partial charge in [0.05, 0.1) is 0 Å². The summed E-state index contributed by atoms with van der Waals surface area (Å²) in [5.74, 6) is 1.00. The summed E-state index contributed by atoms with van der Waals surface area (Å²) >= 11 is 0. The van der Waals surface area contributed by atoms with Gasteiger partial charge in [0.15, 0.2) is 0 Å². The first-order valence-corrected chi connectivity index (χ1v) is 5.00. The Morgan fingerprint density at radius 1 is 1.42 bits per heavy atom. The largest absolute Gasteiger partial charge is 0.313 e. The van der Waals surface area contributed by atoms with Crippen LogP contribution in [0.2, 0.25) is 0 Å². The molecule has 66 valence electrons. The molecule has 0 spiro atoms. The van der Waals surface area contributed by atoms with Gasteiger partial charge in [0.2, 0.25) is 0 Å². The molecule has 0 radical (unpaired) electrons. The Balaban J connectivity index is 1.64. The highest BCUT2D eigenvalue weighted by molar-refractivity contribution is 5.18. The van der Waals surface area contributed by atoms with Gasteiger partial charge >= 0.3 is 0 Å². The van der Waals surface area contributed by atoms with E-state index >= 15 is 0 Å². The van der Waals surface area contributed by atoms with E-state index in [9.17, 15) is 0 Å². The lowest BCUT2D eigenvalue weighted by Gasteiger charge is -2.09. The van der Waals surface area contributed by atoms with E-state index in [4.69, 9.17) is 0 Å². The number of nitrogens with one attached hydrogen (secondary N) is 1. The number of hydrogen-bond donors (Lipinski definition) is 1. The Labute approximate surface area is 74.5 Å². The van der Waals surface area contributed by atoms with Crippen LogP contribution in [0.15, 0.2) is 23.8 Å². The molecule has 0 aromatic carbocycles. The van der Waals surface area contributed by atoms with Gasteiger partial charge in [0.1, 0.15) is 0 Å². The van der Waals surface area contributed by atoms with Crippen LogP contribution in [0.25, 0.3) is 0 Å². The standard InChI is InChI=1S/C11H17N/c1-2-4-10(5-3-1)8-12-9-11-6-7-11/h1-2,4,11-12H,3,5-9H2. The molecule has 2 aliphatic carbocycles. The highest BCUT2D eigenvalue weighted by Crippen LogP contribution is 2.27. The van der Waals surface area contributed by atoms with Crippen molar-refractivity contribution in [2.24, 2.45) is 5.92 Å². The molecule has 0 aliphatic heterocycles. The highest BCUT2D eigenvalue weighted by atomic mass is 14.9. The maximum absolute atomic E-state index is 3.51. The SMILES string of the molecule is C1=CCCC(CNCC2CC2)=C1. The van der Waals surface area contributed by atoms with Gasteiger partial charge < -0.3 is 5.32 Å². The molecule has 0 aromatic heterocycles. The molecular formula is C11H17N. The van der Waals surface area contributed by atoms with Crippen molar-refractivity contribution >= 4 is 0 Å². The van der Waals surface area contributed by atoms with E-state index in [1.807, 2.05) is 0 Å². The summed E-state index contributed by atoms with van der Waals surface area (Å²) in [6.07, 6.45) is 12.1. The van der Waals surface area contributed by atoms with Crippen molar-refractivity contribution in [3.05, 3.63) is 23.8 Å². The normalized spacial score (nSPS) is 22.5. The molecule has 0 atom stereocenters. The zero-order valence-electron chi connectivity index (χ0n) is 7.55. The number of rotatable bonds is 4. The van der Waals surface area contributed by atoms with Crippen molar-refractivity contribution in [2.45, 2.75) is 25.7 Å². The van der Waals surface area contributed by atoms with Gasteiger partial charge in [-0.3, -0.25) is 0 Å². The van der Waals surface area contributed by atoms with Crippen LogP contribution in [0.3, 0.4) is 0 Å². The van der Waals surface area contributed by atoms with Crippen molar-refractivity contribution in [1.82, 2.24) is 5.32 Å². The van der Waals surface area contributed by atoms with E-state index in [2.05, 4.69) is 23.5 Å². The summed E-state index contributed by atoms with van der Waals surface area (Å²) in [5, 5.41) is 3.51. The minimum Gasteiger partial charge on any atom is -0.313 e. The Kier molecular flexibility index (Phi) is 2.62. The monoisotopic (exact) mass is 163 g/mol. The van der Waals surface area contributed by atoms with Crippen LogP contribution in [0.5, 0.6) is 0 Å². The predicted octanol–water partition coefficient (Wildman–Crippen LogP) is 2.26. The highest BCUT2D eigenvalue weighted by Gasteiger charge is 2.20. The molecule has 2 rings (SSSR count). The first-order valence-electron chi connectivity index (χ1n) is 5.00. The van der Waals surface area contributed by atoms with Gasteiger partial charge in [-0.25, -0.2) is 0 Å². The third-order valence-electron chi connectivity index (χ3n) is 2.58. The minimum absolute atomic E-state index is 1.00. The fourth-order valence-electron chi connectivity index (χ4n) is 1.56. The molecule has 1 saturated carbocycles. The number of allylic oxidation sites excluding steroid dienone is 3. The Morgan fingerprint density at radius 3 is 3.00 bits per heavy atom. The zero-order chi connectivity index (χ0) is 8.23. The van der Waals surface area contributed by atoms with Crippen LogP contribution in [0.1, 0.15) is 25.7 Å². The van der Waals surface area contributed by atoms with Gasteiger partial charge in [-0.1, -0.05) is 23.8 Å². The van der Waals surface area contributed by atoms with Gasteiger partial charge in [-0.05, 0) is 38.1 Å². The minimum atomic E-state index is 1.00. The average Bonchev–Trinajstić information content (AvgIpc) is 2.90. The number of hydrogen-bond acceptors (Lipinski definition) is 1. The van der Waals surface area contributed by atoms with Crippen molar-refractivity contribution in [3.8, 4) is 0 Å². The zero-order valence-corrected chi connectivity index (χ0v) is 7.55. The van der Waals surface area contributed by atoms with Gasteiger partial charge in [0.25, 0.3) is 0 Å². The second kappa shape index (κ2) is 3.90. The fraction of sp³-hybridized carbons (Fsp3) is 0.636. The van der Waals surface area contributed by atoms with E-state index < -0.39 is 0 Å². The third-order valence-corrected chi connectivity index (χ3v) is 2.58. The van der Waals surface area contributed by atoms with Crippen LogP contribution >= 0.6 is 0 Å². The summed E-state index contributed by atoms with van der Waals surface area (Å²) in [4.78, 5) is 0. The topological polar surface area (TPSA) is 12.0 Å². The van der Waals surface area contributed by atoms with Crippen LogP contribution in [0, 0.1) is 5.92 Å². The fourth-order valence-corrected chi connectivity index (χ4v) is 1.56. The molecule has 0 bridgehead atoms. The molecule has 1 nitrogen and oxygen atoms in total. The maximum Gasteiger partial charge on any atom is 0.0167 e. The third kappa shape index (κ3) is 2.49. The van der Waals surface area contributed by atoms with Crippen LogP contribution in [-0.4, -0.2) is 13.1 Å². The van der Waals surface area contributed by atoms with Crippen LogP contribution in [0.4, 0.5) is 0 Å². The van der Waals surface area contributed by atoms with E-state index in [0.717, 1.165) is 12.5 Å². The second-order valence-electron chi connectivity index (χ2n) is 3.87. The molecule has 1 heteroatoms. The van der Waals surface area contributed by atoms with Crippen LogP contribution < -0.4 is 5.32 Å². The summed E-state index contributed by atoms with van der Waals surface area (Å²) in [6, 6.07) is 0. The van der Waals surface area contributed by atoms with Crippen molar-refractivity contribution in [3.63, 3.8) is 0 Å². The molecule has 0 aromatic rings. The van der Waals surface area contributed by atoms with E-state index in [-0.39, 0.29) is 0 Å². The lowest BCUT2D eigenvalue weighted by atomic mass is 10.1. The second-order valence-corrected chi connectivity index (χ2v) is 3.87. The molecule has 1 N–H and O–H groups in total. The van der Waals surface area contributed by atoms with Gasteiger partial charge in [-0.15, -0.1) is 0 Å². The molecule has 0 heterocycles. The summed E-state index contributed by atoms with van der Waals surface area (Å²) in [5.41, 5.74) is 1.57. The molecule has 0 unspecified atom stereocenters. The van der Waals surface area contributed by atoms with Crippen molar-refractivity contribution in [2.75, 3.05) is 13.1 Å². The Hall–Kier alpha value is -0.560. The summed E-state index contributed by atoms with van der Waals surface area (Å²) < 4.78 is 0. The summed E-state index contributed by atoms with van der Waals surface area (Å²) in [7, 11) is 0. The smallest absolute Gasteiger partial charge is 0.0167 e. The first kappa shape index (κ1) is 8.06. The van der Waals surface area contributed by atoms with E-state index in [0.29, 0.717) is 0 Å². The first-order chi connectivity index (χ1) is 5.95. The molecule has 12 heavy (non-hydrogen) atoms. The molecule has 1 fully saturated rings. The van der Waals surface area contributed by atoms with E-state index in [1.54, 1.807) is 5.57 Å². The molecule has 2 aliphatic rings. The predicted molar refractivity (Wildman–Crippen MR) is 52.1 cm³/mol. The van der Waals surface area contributed by atoms with Gasteiger partial charge in [0, 0.05) is 6.54 Å². The lowest BCUT2D eigenvalue weighted by Crippen LogP contribution is -2.20. The molecule has 0 saturated heterocycles. The van der Waals surface area contributed by atoms with Crippen LogP contribution in [-0.2, 0) is 0 Å². The van der Waals surface area contributed by atoms with Crippen molar-refractivity contribution in [1.29, 1.82) is 0 Å². The lowest BCUT2D eigenvalue weighted by molar-refractivity contribution is 0.659. The summed E-state index contributed by atoms with van der Waals surface area (Å²) in [6.45, 7) is 2.35. The quantitative estimate of drug-likeness (QED) is 0.670.